The average Bonchev–Trinajstić information content (AvgIpc) is 2.33. The molecular weight excluding hydrogens is 282 g/mol. The zero-order chi connectivity index (χ0) is 16.6. The molecule has 1 N–H and O–H groups in total. The molecular formula is C16H31NO3Si. The van der Waals surface area contributed by atoms with E-state index in [9.17, 15) is 14.7 Å². The van der Waals surface area contributed by atoms with Crippen LogP contribution in [0.5, 0.6) is 0 Å². The number of amides is 1. The number of aliphatic hydroxyl groups is 1. The molecule has 0 aromatic heterocycles. The number of hydrogen-bond acceptors (Lipinski definition) is 3. The van der Waals surface area contributed by atoms with Crippen LogP contribution < -0.4 is 0 Å². The lowest BCUT2D eigenvalue weighted by Gasteiger charge is -2.59. The Balaban J connectivity index is 3.07. The van der Waals surface area contributed by atoms with E-state index in [1.807, 2.05) is 13.8 Å². The molecule has 0 unspecified atom stereocenters. The first-order valence-corrected chi connectivity index (χ1v) is 10.7. The molecule has 1 aliphatic heterocycles. The SMILES string of the molecule is CC(C)(C=O)C[C@@H]1[C@H](CCO)C(=O)N1[Si](C)(C)C(C)(C)C. The first-order chi connectivity index (χ1) is 9.39. The number of nitrogens with zero attached hydrogens (tertiary/aromatic N) is 1. The van der Waals surface area contributed by atoms with Crippen LogP contribution in [-0.2, 0) is 9.59 Å². The van der Waals surface area contributed by atoms with Crippen LogP contribution in [0.4, 0.5) is 0 Å². The van der Waals surface area contributed by atoms with Gasteiger partial charge in [0.2, 0.25) is 5.91 Å². The quantitative estimate of drug-likeness (QED) is 0.466. The first-order valence-electron chi connectivity index (χ1n) is 7.79. The Morgan fingerprint density at radius 2 is 1.76 bits per heavy atom. The number of carbonyl (C=O) groups excluding carboxylic acids is 2. The summed E-state index contributed by atoms with van der Waals surface area (Å²) in [6.07, 6.45) is 2.17. The molecule has 1 amide bonds. The lowest BCUT2D eigenvalue weighted by Crippen LogP contribution is -2.73. The summed E-state index contributed by atoms with van der Waals surface area (Å²) >= 11 is 0. The Morgan fingerprint density at radius 3 is 2.14 bits per heavy atom. The second-order valence-electron chi connectivity index (χ2n) is 8.51. The van der Waals surface area contributed by atoms with Crippen molar-refractivity contribution in [2.75, 3.05) is 6.61 Å². The molecule has 1 rings (SSSR count). The van der Waals surface area contributed by atoms with Gasteiger partial charge in [0, 0.05) is 18.1 Å². The lowest BCUT2D eigenvalue weighted by atomic mass is 9.77. The Labute approximate surface area is 130 Å². The summed E-state index contributed by atoms with van der Waals surface area (Å²) in [5.74, 6) is 0.0469. The summed E-state index contributed by atoms with van der Waals surface area (Å²) in [7, 11) is -1.94. The predicted octanol–water partition coefficient (Wildman–Crippen LogP) is 2.82. The number of aldehydes is 1. The maximum Gasteiger partial charge on any atom is 0.220 e. The van der Waals surface area contributed by atoms with Gasteiger partial charge in [0.05, 0.1) is 5.92 Å². The maximum absolute atomic E-state index is 12.6. The third-order valence-electron chi connectivity index (χ3n) is 5.28. The van der Waals surface area contributed by atoms with Crippen LogP contribution in [0.2, 0.25) is 18.1 Å². The van der Waals surface area contributed by atoms with Gasteiger partial charge in [-0.15, -0.1) is 0 Å². The summed E-state index contributed by atoms with van der Waals surface area (Å²) < 4.78 is 2.08. The van der Waals surface area contributed by atoms with E-state index in [1.54, 1.807) is 0 Å². The fourth-order valence-corrected chi connectivity index (χ4v) is 5.47. The smallest absolute Gasteiger partial charge is 0.220 e. The average molecular weight is 314 g/mol. The van der Waals surface area contributed by atoms with Crippen LogP contribution in [0, 0.1) is 11.3 Å². The fraction of sp³-hybridized carbons (Fsp3) is 0.875. The summed E-state index contributed by atoms with van der Waals surface area (Å²) in [5.41, 5.74) is -0.431. The highest BCUT2D eigenvalue weighted by atomic mass is 28.3. The molecule has 4 nitrogen and oxygen atoms in total. The van der Waals surface area contributed by atoms with Crippen LogP contribution in [0.15, 0.2) is 0 Å². The number of β-lactam (4-membered cyclic amide) rings is 1. The molecule has 2 atom stereocenters. The molecule has 0 saturated carbocycles. The summed E-state index contributed by atoms with van der Waals surface area (Å²) in [6.45, 7) is 14.9. The van der Waals surface area contributed by atoms with E-state index >= 15 is 0 Å². The lowest BCUT2D eigenvalue weighted by molar-refractivity contribution is -0.151. The highest BCUT2D eigenvalue weighted by Crippen LogP contribution is 2.47. The van der Waals surface area contributed by atoms with Crippen molar-refractivity contribution in [2.24, 2.45) is 11.3 Å². The van der Waals surface area contributed by atoms with Crippen molar-refractivity contribution >= 4 is 20.4 Å². The van der Waals surface area contributed by atoms with E-state index in [4.69, 9.17) is 0 Å². The molecule has 21 heavy (non-hydrogen) atoms. The van der Waals surface area contributed by atoms with Crippen molar-refractivity contribution in [3.8, 4) is 0 Å². The van der Waals surface area contributed by atoms with Crippen molar-refractivity contribution in [2.45, 2.75) is 71.6 Å². The highest BCUT2D eigenvalue weighted by Gasteiger charge is 2.57. The van der Waals surface area contributed by atoms with Crippen molar-refractivity contribution in [1.82, 2.24) is 4.57 Å². The molecule has 122 valence electrons. The van der Waals surface area contributed by atoms with Crippen LogP contribution in [0.25, 0.3) is 0 Å². The van der Waals surface area contributed by atoms with Gasteiger partial charge in [0.15, 0.2) is 8.24 Å². The molecule has 0 spiro atoms. The van der Waals surface area contributed by atoms with Gasteiger partial charge < -0.3 is 14.5 Å². The number of aliphatic hydroxyl groups excluding tert-OH is 1. The van der Waals surface area contributed by atoms with Gasteiger partial charge in [-0.1, -0.05) is 47.7 Å². The fourth-order valence-electron chi connectivity index (χ4n) is 2.93. The highest BCUT2D eigenvalue weighted by molar-refractivity contribution is 6.80. The normalized spacial score (nSPS) is 24.0. The van der Waals surface area contributed by atoms with Gasteiger partial charge in [0.25, 0.3) is 0 Å². The third-order valence-corrected chi connectivity index (χ3v) is 10.7. The molecule has 1 fully saturated rings. The van der Waals surface area contributed by atoms with Gasteiger partial charge in [0.1, 0.15) is 6.29 Å². The standard InChI is InChI=1S/C16H31NO3Si/c1-15(2,3)21(6,7)17-13(10-16(4,5)11-19)12(8-9-18)14(17)20/h11-13,18H,8-10H2,1-7H3/t12-,13+/m0/s1. The predicted molar refractivity (Wildman–Crippen MR) is 87.5 cm³/mol. The van der Waals surface area contributed by atoms with E-state index in [0.29, 0.717) is 12.8 Å². The molecule has 0 aromatic carbocycles. The molecule has 0 radical (unpaired) electrons. The molecule has 0 aliphatic carbocycles. The second kappa shape index (κ2) is 5.84. The number of rotatable bonds is 6. The second-order valence-corrected chi connectivity index (χ2v) is 13.6. The minimum absolute atomic E-state index is 0.0275. The van der Waals surface area contributed by atoms with Gasteiger partial charge in [-0.3, -0.25) is 4.79 Å². The van der Waals surface area contributed by atoms with Gasteiger partial charge in [-0.2, -0.15) is 0 Å². The third kappa shape index (κ3) is 3.39. The number of carbonyl (C=O) groups is 2. The Morgan fingerprint density at radius 1 is 1.24 bits per heavy atom. The largest absolute Gasteiger partial charge is 0.396 e. The first kappa shape index (κ1) is 18.4. The van der Waals surface area contributed by atoms with E-state index in [0.717, 1.165) is 6.29 Å². The van der Waals surface area contributed by atoms with E-state index in [1.165, 1.54) is 0 Å². The molecule has 0 bridgehead atoms. The van der Waals surface area contributed by atoms with E-state index < -0.39 is 13.7 Å². The van der Waals surface area contributed by atoms with Crippen molar-refractivity contribution < 1.29 is 14.7 Å². The summed E-state index contributed by atoms with van der Waals surface area (Å²) in [5, 5.41) is 9.29. The Bertz CT molecular complexity index is 412. The number of hydrogen-bond donors (Lipinski definition) is 1. The topological polar surface area (TPSA) is 57.6 Å². The van der Waals surface area contributed by atoms with Crippen LogP contribution >= 0.6 is 0 Å². The van der Waals surface area contributed by atoms with Crippen molar-refractivity contribution in [3.05, 3.63) is 0 Å². The van der Waals surface area contributed by atoms with Gasteiger partial charge in [-0.05, 0) is 17.9 Å². The molecule has 1 heterocycles. The Kier molecular flexibility index (Phi) is 5.11. The summed E-state index contributed by atoms with van der Waals surface area (Å²) in [6, 6.07) is 0.0886. The molecule has 1 aliphatic rings. The zero-order valence-electron chi connectivity index (χ0n) is 14.6. The van der Waals surface area contributed by atoms with Crippen molar-refractivity contribution in [1.29, 1.82) is 0 Å². The monoisotopic (exact) mass is 313 g/mol. The van der Waals surface area contributed by atoms with Crippen LogP contribution in [0.3, 0.4) is 0 Å². The molecule has 5 heteroatoms. The zero-order valence-corrected chi connectivity index (χ0v) is 15.6. The Hall–Kier alpha value is -0.683. The molecule has 0 aromatic rings. The minimum Gasteiger partial charge on any atom is -0.396 e. The minimum atomic E-state index is -1.94. The van der Waals surface area contributed by atoms with Gasteiger partial charge in [-0.25, -0.2) is 0 Å². The molecule has 1 saturated heterocycles. The van der Waals surface area contributed by atoms with E-state index in [-0.39, 0.29) is 29.5 Å². The summed E-state index contributed by atoms with van der Waals surface area (Å²) in [4.78, 5) is 23.9. The van der Waals surface area contributed by atoms with Crippen LogP contribution in [-0.4, -0.2) is 42.7 Å². The van der Waals surface area contributed by atoms with Crippen molar-refractivity contribution in [3.63, 3.8) is 0 Å². The van der Waals surface area contributed by atoms with Crippen LogP contribution in [0.1, 0.15) is 47.5 Å². The maximum atomic E-state index is 12.6. The van der Waals surface area contributed by atoms with Gasteiger partial charge >= 0.3 is 0 Å². The van der Waals surface area contributed by atoms with E-state index in [2.05, 4.69) is 38.4 Å².